The number of nitrogens with one attached hydrogen (secondary N) is 1. The zero-order valence-corrected chi connectivity index (χ0v) is 14.9. The van der Waals surface area contributed by atoms with Gasteiger partial charge in [-0.2, -0.15) is 0 Å². The predicted molar refractivity (Wildman–Crippen MR) is 92.0 cm³/mol. The van der Waals surface area contributed by atoms with Gasteiger partial charge < -0.3 is 5.32 Å². The van der Waals surface area contributed by atoms with Crippen LogP contribution in [-0.2, 0) is 12.0 Å². The third-order valence-electron chi connectivity index (χ3n) is 4.09. The van der Waals surface area contributed by atoms with E-state index in [-0.39, 0.29) is 5.41 Å². The molecule has 0 bridgehead atoms. The fourth-order valence-electron chi connectivity index (χ4n) is 2.93. The summed E-state index contributed by atoms with van der Waals surface area (Å²) in [5.74, 6) is 0.860. The maximum Gasteiger partial charge on any atom is 0.0982 e. The lowest BCUT2D eigenvalue weighted by molar-refractivity contribution is 0.197. The topological polar surface area (TPSA) is 28.2 Å². The van der Waals surface area contributed by atoms with Crippen LogP contribution in [0.25, 0.3) is 0 Å². The van der Waals surface area contributed by atoms with E-state index < -0.39 is 0 Å². The molecule has 1 aliphatic rings. The third-order valence-corrected chi connectivity index (χ3v) is 5.41. The van der Waals surface area contributed by atoms with E-state index in [1.807, 2.05) is 11.3 Å². The number of hydrogen-bond donors (Lipinski definition) is 1. The van der Waals surface area contributed by atoms with E-state index in [0.29, 0.717) is 0 Å². The van der Waals surface area contributed by atoms with Crippen LogP contribution >= 0.6 is 11.3 Å². The molecule has 2 rings (SSSR count). The molecule has 0 amide bonds. The molecular formula is C17H31N3S. The van der Waals surface area contributed by atoms with Gasteiger partial charge in [0.2, 0.25) is 0 Å². The monoisotopic (exact) mass is 309 g/mol. The van der Waals surface area contributed by atoms with Crippen molar-refractivity contribution in [2.45, 2.75) is 58.9 Å². The lowest BCUT2D eigenvalue weighted by Gasteiger charge is -2.29. The van der Waals surface area contributed by atoms with Crippen LogP contribution in [0.1, 0.15) is 57.7 Å². The fourth-order valence-corrected chi connectivity index (χ4v) is 3.83. The average molecular weight is 310 g/mol. The van der Waals surface area contributed by atoms with Gasteiger partial charge >= 0.3 is 0 Å². The highest BCUT2D eigenvalue weighted by Crippen LogP contribution is 2.26. The molecule has 2 heterocycles. The predicted octanol–water partition coefficient (Wildman–Crippen LogP) is 3.65. The summed E-state index contributed by atoms with van der Waals surface area (Å²) in [5.41, 5.74) is 1.43. The Bertz CT molecular complexity index is 416. The van der Waals surface area contributed by atoms with Crippen LogP contribution < -0.4 is 5.32 Å². The van der Waals surface area contributed by atoms with Crippen molar-refractivity contribution in [1.82, 2.24) is 15.2 Å². The van der Waals surface area contributed by atoms with Crippen LogP contribution in [0.5, 0.6) is 0 Å². The normalized spacial score (nSPS) is 17.6. The van der Waals surface area contributed by atoms with Crippen LogP contribution in [-0.4, -0.2) is 36.1 Å². The lowest BCUT2D eigenvalue weighted by atomic mass is 9.97. The molecule has 0 spiro atoms. The fraction of sp³-hybridized carbons (Fsp3) is 0.824. The summed E-state index contributed by atoms with van der Waals surface area (Å²) in [5, 5.41) is 6.98. The summed E-state index contributed by atoms with van der Waals surface area (Å²) >= 11 is 1.81. The number of nitrogens with zero attached hydrogens (tertiary/aromatic N) is 2. The van der Waals surface area contributed by atoms with Gasteiger partial charge in [0.05, 0.1) is 10.7 Å². The lowest BCUT2D eigenvalue weighted by Crippen LogP contribution is -2.36. The summed E-state index contributed by atoms with van der Waals surface area (Å²) in [6.07, 6.45) is 3.87. The Morgan fingerprint density at radius 1 is 1.33 bits per heavy atom. The first-order valence-electron chi connectivity index (χ1n) is 8.37. The highest BCUT2D eigenvalue weighted by atomic mass is 32.1. The van der Waals surface area contributed by atoms with Crippen molar-refractivity contribution in [1.29, 1.82) is 0 Å². The zero-order chi connectivity index (χ0) is 15.3. The van der Waals surface area contributed by atoms with E-state index in [2.05, 4.69) is 43.3 Å². The van der Waals surface area contributed by atoms with Gasteiger partial charge in [-0.15, -0.1) is 11.3 Å². The molecule has 1 saturated heterocycles. The Hall–Kier alpha value is -0.450. The second-order valence-corrected chi connectivity index (χ2v) is 8.18. The molecule has 1 aromatic rings. The molecule has 0 saturated carbocycles. The van der Waals surface area contributed by atoms with Gasteiger partial charge in [-0.3, -0.25) is 4.90 Å². The molecule has 120 valence electrons. The number of piperidine rings is 1. The van der Waals surface area contributed by atoms with Crippen LogP contribution in [0.4, 0.5) is 0 Å². The van der Waals surface area contributed by atoms with E-state index >= 15 is 0 Å². The number of rotatable bonds is 6. The van der Waals surface area contributed by atoms with Gasteiger partial charge in [0.1, 0.15) is 0 Å². The zero-order valence-electron chi connectivity index (χ0n) is 14.1. The van der Waals surface area contributed by atoms with Crippen molar-refractivity contribution < 1.29 is 0 Å². The van der Waals surface area contributed by atoms with Gasteiger partial charge in [0.25, 0.3) is 0 Å². The maximum absolute atomic E-state index is 4.86. The van der Waals surface area contributed by atoms with Gasteiger partial charge in [-0.1, -0.05) is 27.7 Å². The average Bonchev–Trinajstić information content (AvgIpc) is 2.89. The van der Waals surface area contributed by atoms with Crippen LogP contribution in [0.2, 0.25) is 0 Å². The molecule has 3 nitrogen and oxygen atoms in total. The van der Waals surface area contributed by atoms with Gasteiger partial charge in [0, 0.05) is 23.9 Å². The number of thiazole rings is 1. The van der Waals surface area contributed by atoms with Crippen LogP contribution in [0.3, 0.4) is 0 Å². The Labute approximate surface area is 134 Å². The molecule has 0 aromatic carbocycles. The quantitative estimate of drug-likeness (QED) is 0.869. The molecule has 0 atom stereocenters. The number of hydrogen-bond acceptors (Lipinski definition) is 4. The van der Waals surface area contributed by atoms with Crippen LogP contribution in [0.15, 0.2) is 5.38 Å². The van der Waals surface area contributed by atoms with Crippen molar-refractivity contribution >= 4 is 11.3 Å². The molecule has 0 unspecified atom stereocenters. The van der Waals surface area contributed by atoms with E-state index in [1.54, 1.807) is 0 Å². The molecule has 1 fully saturated rings. The van der Waals surface area contributed by atoms with Crippen molar-refractivity contribution in [2.75, 3.05) is 26.2 Å². The molecular weight excluding hydrogens is 278 g/mol. The first-order valence-corrected chi connectivity index (χ1v) is 9.25. The van der Waals surface area contributed by atoms with Crippen molar-refractivity contribution in [3.8, 4) is 0 Å². The van der Waals surface area contributed by atoms with E-state index in [4.69, 9.17) is 4.98 Å². The SMILES string of the molecule is CCCN(Cc1csc(C(C)(C)C)n1)CC1CCNCC1. The molecule has 21 heavy (non-hydrogen) atoms. The van der Waals surface area contributed by atoms with Crippen LogP contribution in [0, 0.1) is 5.92 Å². The van der Waals surface area contributed by atoms with Crippen molar-refractivity contribution in [2.24, 2.45) is 5.92 Å². The molecule has 0 radical (unpaired) electrons. The summed E-state index contributed by atoms with van der Waals surface area (Å²) in [6, 6.07) is 0. The Balaban J connectivity index is 1.93. The molecule has 1 aliphatic heterocycles. The first-order chi connectivity index (χ1) is 9.99. The summed E-state index contributed by atoms with van der Waals surface area (Å²) in [4.78, 5) is 7.47. The second-order valence-electron chi connectivity index (χ2n) is 7.32. The highest BCUT2D eigenvalue weighted by molar-refractivity contribution is 7.09. The highest BCUT2D eigenvalue weighted by Gasteiger charge is 2.20. The Morgan fingerprint density at radius 2 is 2.05 bits per heavy atom. The van der Waals surface area contributed by atoms with Gasteiger partial charge in [-0.25, -0.2) is 4.98 Å². The Morgan fingerprint density at radius 3 is 2.62 bits per heavy atom. The first kappa shape index (κ1) is 16.9. The van der Waals surface area contributed by atoms with Crippen molar-refractivity contribution in [3.05, 3.63) is 16.1 Å². The maximum atomic E-state index is 4.86. The van der Waals surface area contributed by atoms with Crippen molar-refractivity contribution in [3.63, 3.8) is 0 Å². The van der Waals surface area contributed by atoms with E-state index in [1.165, 1.54) is 56.1 Å². The standard InChI is InChI=1S/C17H31N3S/c1-5-10-20(11-14-6-8-18-9-7-14)12-15-13-21-16(19-15)17(2,3)4/h13-14,18H,5-12H2,1-4H3. The smallest absolute Gasteiger partial charge is 0.0982 e. The number of aromatic nitrogens is 1. The summed E-state index contributed by atoms with van der Waals surface area (Å²) < 4.78 is 0. The summed E-state index contributed by atoms with van der Waals surface area (Å²) in [7, 11) is 0. The third kappa shape index (κ3) is 5.35. The largest absolute Gasteiger partial charge is 0.317 e. The minimum Gasteiger partial charge on any atom is -0.317 e. The minimum atomic E-state index is 0.174. The van der Waals surface area contributed by atoms with Gasteiger partial charge in [-0.05, 0) is 44.8 Å². The summed E-state index contributed by atoms with van der Waals surface area (Å²) in [6.45, 7) is 14.8. The molecule has 1 N–H and O–H groups in total. The second kappa shape index (κ2) is 7.70. The van der Waals surface area contributed by atoms with E-state index in [9.17, 15) is 0 Å². The molecule has 4 heteroatoms. The molecule has 0 aliphatic carbocycles. The molecule has 1 aromatic heterocycles. The van der Waals surface area contributed by atoms with Gasteiger partial charge in [0.15, 0.2) is 0 Å². The minimum absolute atomic E-state index is 0.174. The van der Waals surface area contributed by atoms with E-state index in [0.717, 1.165) is 12.5 Å². The Kier molecular flexibility index (Phi) is 6.20.